The molecule has 1 N–H and O–H groups in total. The molecule has 0 aliphatic heterocycles. The van der Waals surface area contributed by atoms with Crippen LogP contribution in [0, 0.1) is 0 Å². The number of amides is 1. The van der Waals surface area contributed by atoms with Gasteiger partial charge in [0.25, 0.3) is 0 Å². The van der Waals surface area contributed by atoms with Gasteiger partial charge >= 0.3 is 12.1 Å². The summed E-state index contributed by atoms with van der Waals surface area (Å²) in [6, 6.07) is 12.0. The average Bonchev–Trinajstić information content (AvgIpc) is 2.61. The molecule has 0 saturated heterocycles. The van der Waals surface area contributed by atoms with Crippen molar-refractivity contribution in [2.75, 3.05) is 19.5 Å². The molecule has 0 aliphatic carbocycles. The third-order valence-corrected chi connectivity index (χ3v) is 3.46. The van der Waals surface area contributed by atoms with Gasteiger partial charge in [-0.25, -0.2) is 9.59 Å². The Morgan fingerprint density at radius 3 is 2.46 bits per heavy atom. The fourth-order valence-electron chi connectivity index (χ4n) is 1.96. The van der Waals surface area contributed by atoms with Gasteiger partial charge in [0.05, 0.1) is 24.9 Å². The molecule has 2 rings (SSSR count). The van der Waals surface area contributed by atoms with Crippen molar-refractivity contribution in [2.24, 2.45) is 0 Å². The molecule has 0 saturated carbocycles. The van der Waals surface area contributed by atoms with Crippen LogP contribution in [0.15, 0.2) is 42.5 Å². The van der Waals surface area contributed by atoms with Gasteiger partial charge < -0.3 is 14.2 Å². The van der Waals surface area contributed by atoms with Gasteiger partial charge in [-0.1, -0.05) is 41.9 Å². The third-order valence-electron chi connectivity index (χ3n) is 3.14. The van der Waals surface area contributed by atoms with Crippen molar-refractivity contribution in [3.05, 3.63) is 58.6 Å². The van der Waals surface area contributed by atoms with Crippen molar-refractivity contribution >= 4 is 29.4 Å². The van der Waals surface area contributed by atoms with Gasteiger partial charge in [-0.05, 0) is 11.6 Å². The highest BCUT2D eigenvalue weighted by Crippen LogP contribution is 2.31. The van der Waals surface area contributed by atoms with E-state index < -0.39 is 12.1 Å². The highest BCUT2D eigenvalue weighted by Gasteiger charge is 2.17. The normalized spacial score (nSPS) is 9.96. The summed E-state index contributed by atoms with van der Waals surface area (Å²) in [5.74, 6) is -0.364. The summed E-state index contributed by atoms with van der Waals surface area (Å²) >= 11 is 6.09. The number of hydrogen-bond acceptors (Lipinski definition) is 5. The monoisotopic (exact) mass is 349 g/mol. The van der Waals surface area contributed by atoms with Crippen LogP contribution in [0.2, 0.25) is 5.02 Å². The Balaban J connectivity index is 2.08. The number of esters is 1. The second-order valence-electron chi connectivity index (χ2n) is 4.71. The molecule has 2 aromatic rings. The lowest BCUT2D eigenvalue weighted by molar-refractivity contribution is 0.0597. The first-order valence-electron chi connectivity index (χ1n) is 6.98. The third kappa shape index (κ3) is 4.39. The first-order chi connectivity index (χ1) is 11.5. The van der Waals surface area contributed by atoms with Gasteiger partial charge in [-0.2, -0.15) is 0 Å². The predicted molar refractivity (Wildman–Crippen MR) is 89.6 cm³/mol. The summed E-state index contributed by atoms with van der Waals surface area (Å²) in [4.78, 5) is 23.6. The number of rotatable bonds is 5. The summed E-state index contributed by atoms with van der Waals surface area (Å²) in [5, 5.41) is 2.67. The van der Waals surface area contributed by atoms with E-state index in [4.69, 9.17) is 21.1 Å². The van der Waals surface area contributed by atoms with Crippen molar-refractivity contribution in [3.8, 4) is 5.75 Å². The van der Waals surface area contributed by atoms with E-state index in [1.807, 2.05) is 30.3 Å². The van der Waals surface area contributed by atoms with Crippen LogP contribution in [0.5, 0.6) is 5.75 Å². The van der Waals surface area contributed by atoms with E-state index in [0.29, 0.717) is 0 Å². The molecular weight excluding hydrogens is 334 g/mol. The lowest BCUT2D eigenvalue weighted by Crippen LogP contribution is -2.14. The number of carbonyl (C=O) groups excluding carboxylic acids is 2. The van der Waals surface area contributed by atoms with Crippen LogP contribution < -0.4 is 10.1 Å². The van der Waals surface area contributed by atoms with E-state index in [-0.39, 0.29) is 28.6 Å². The summed E-state index contributed by atoms with van der Waals surface area (Å²) in [7, 11) is 2.65. The summed E-state index contributed by atoms with van der Waals surface area (Å²) in [5.41, 5.74) is 1.28. The van der Waals surface area contributed by atoms with E-state index in [2.05, 4.69) is 10.1 Å². The Hall–Kier alpha value is -2.73. The van der Waals surface area contributed by atoms with Crippen molar-refractivity contribution in [1.82, 2.24) is 0 Å². The Morgan fingerprint density at radius 1 is 1.12 bits per heavy atom. The van der Waals surface area contributed by atoms with Gasteiger partial charge in [0.15, 0.2) is 0 Å². The number of benzene rings is 2. The lowest BCUT2D eigenvalue weighted by atomic mass is 10.2. The quantitative estimate of drug-likeness (QED) is 0.829. The molecule has 0 heterocycles. The van der Waals surface area contributed by atoms with Crippen molar-refractivity contribution < 1.29 is 23.8 Å². The highest BCUT2D eigenvalue weighted by molar-refractivity contribution is 6.34. The number of carbonyl (C=O) groups is 2. The number of halogens is 1. The zero-order valence-corrected chi connectivity index (χ0v) is 13.9. The molecule has 126 valence electrons. The van der Waals surface area contributed by atoms with E-state index in [1.165, 1.54) is 26.4 Å². The zero-order chi connectivity index (χ0) is 17.5. The van der Waals surface area contributed by atoms with E-state index in [1.54, 1.807) is 0 Å². The molecule has 0 aliphatic rings. The van der Waals surface area contributed by atoms with E-state index in [9.17, 15) is 9.59 Å². The first-order valence-corrected chi connectivity index (χ1v) is 7.36. The molecule has 0 radical (unpaired) electrons. The van der Waals surface area contributed by atoms with E-state index >= 15 is 0 Å². The maximum absolute atomic E-state index is 11.9. The zero-order valence-electron chi connectivity index (χ0n) is 13.2. The van der Waals surface area contributed by atoms with Gasteiger partial charge in [-0.3, -0.25) is 5.32 Å². The second kappa shape index (κ2) is 8.21. The van der Waals surface area contributed by atoms with Crippen LogP contribution in [0.25, 0.3) is 0 Å². The van der Waals surface area contributed by atoms with Gasteiger partial charge in [0, 0.05) is 6.07 Å². The molecular formula is C17H16ClNO5. The fourth-order valence-corrected chi connectivity index (χ4v) is 2.17. The van der Waals surface area contributed by atoms with Crippen molar-refractivity contribution in [3.63, 3.8) is 0 Å². The maximum atomic E-state index is 11.9. The van der Waals surface area contributed by atoms with Crippen LogP contribution in [0.3, 0.4) is 0 Å². The molecule has 0 fully saturated rings. The average molecular weight is 350 g/mol. The minimum atomic E-state index is -0.673. The number of anilines is 1. The SMILES string of the molecule is COC(=O)c1cc(Cl)c(NC(=O)OCc2ccccc2)cc1OC. The van der Waals surface area contributed by atoms with Crippen molar-refractivity contribution in [2.45, 2.75) is 6.61 Å². The van der Waals surface area contributed by atoms with Crippen molar-refractivity contribution in [1.29, 1.82) is 0 Å². The number of ether oxygens (including phenoxy) is 3. The number of nitrogens with one attached hydrogen (secondary N) is 1. The second-order valence-corrected chi connectivity index (χ2v) is 5.12. The number of methoxy groups -OCH3 is 2. The number of hydrogen-bond donors (Lipinski definition) is 1. The van der Waals surface area contributed by atoms with E-state index in [0.717, 1.165) is 5.56 Å². The first kappa shape index (κ1) is 17.6. The van der Waals surface area contributed by atoms with Crippen LogP contribution in [-0.4, -0.2) is 26.3 Å². The molecule has 24 heavy (non-hydrogen) atoms. The summed E-state index contributed by atoms with van der Waals surface area (Å²) in [6.07, 6.45) is -0.673. The van der Waals surface area contributed by atoms with Crippen LogP contribution in [0.1, 0.15) is 15.9 Å². The largest absolute Gasteiger partial charge is 0.496 e. The van der Waals surface area contributed by atoms with Gasteiger partial charge in [0.2, 0.25) is 0 Å². The summed E-state index contributed by atoms with van der Waals surface area (Å²) < 4.78 is 14.9. The fraction of sp³-hybridized carbons (Fsp3) is 0.176. The molecule has 0 spiro atoms. The Morgan fingerprint density at radius 2 is 1.83 bits per heavy atom. The predicted octanol–water partition coefficient (Wildman–Crippen LogP) is 3.88. The van der Waals surface area contributed by atoms with Crippen LogP contribution >= 0.6 is 11.6 Å². The Kier molecular flexibility index (Phi) is 6.03. The van der Waals surface area contributed by atoms with Gasteiger partial charge in [0.1, 0.15) is 17.9 Å². The Bertz CT molecular complexity index is 733. The minimum Gasteiger partial charge on any atom is -0.496 e. The standard InChI is InChI=1S/C17H16ClNO5/c1-22-15-9-14(13(18)8-12(15)16(20)23-2)19-17(21)24-10-11-6-4-3-5-7-11/h3-9H,10H2,1-2H3,(H,19,21). The smallest absolute Gasteiger partial charge is 0.412 e. The van der Waals surface area contributed by atoms with Gasteiger partial charge in [-0.15, -0.1) is 0 Å². The topological polar surface area (TPSA) is 73.9 Å². The molecule has 7 heteroatoms. The summed E-state index contributed by atoms with van der Waals surface area (Å²) in [6.45, 7) is 0.127. The maximum Gasteiger partial charge on any atom is 0.412 e. The molecule has 6 nitrogen and oxygen atoms in total. The Labute approximate surface area is 144 Å². The molecule has 0 bridgehead atoms. The molecule has 1 amide bonds. The highest BCUT2D eigenvalue weighted by atomic mass is 35.5. The molecule has 0 unspecified atom stereocenters. The molecule has 0 aromatic heterocycles. The van der Waals surface area contributed by atoms with Crippen LogP contribution in [0.4, 0.5) is 10.5 Å². The lowest BCUT2D eigenvalue weighted by Gasteiger charge is -2.12. The molecule has 2 aromatic carbocycles. The van der Waals surface area contributed by atoms with Crippen LogP contribution in [-0.2, 0) is 16.1 Å². The minimum absolute atomic E-state index is 0.127. The molecule has 0 atom stereocenters.